The van der Waals surface area contributed by atoms with Crippen LogP contribution in [0.3, 0.4) is 0 Å². The number of fused-ring (bicyclic) bond motifs is 1. The van der Waals surface area contributed by atoms with E-state index in [1.165, 1.54) is 12.8 Å². The van der Waals surface area contributed by atoms with Gasteiger partial charge in [-0.1, -0.05) is 86.8 Å². The van der Waals surface area contributed by atoms with E-state index in [1.807, 2.05) is 71.6 Å². The number of hydrogen-bond donors (Lipinski definition) is 0. The predicted octanol–water partition coefficient (Wildman–Crippen LogP) is 6.52. The molecule has 0 aliphatic carbocycles. The highest BCUT2D eigenvalue weighted by Crippen LogP contribution is 2.25. The zero-order chi connectivity index (χ0) is 22.2. The van der Waals surface area contributed by atoms with Crippen molar-refractivity contribution in [1.82, 2.24) is 14.9 Å². The molecule has 2 aromatic heterocycles. The second kappa shape index (κ2) is 10.7. The van der Waals surface area contributed by atoms with Gasteiger partial charge in [0.2, 0.25) is 0 Å². The van der Waals surface area contributed by atoms with Crippen LogP contribution in [0, 0.1) is 0 Å². The van der Waals surface area contributed by atoms with Gasteiger partial charge in [-0.05, 0) is 30.2 Å². The van der Waals surface area contributed by atoms with Crippen molar-refractivity contribution in [2.45, 2.75) is 39.2 Å². The number of hydrogen-bond acceptors (Lipinski definition) is 3. The summed E-state index contributed by atoms with van der Waals surface area (Å²) in [5.41, 5.74) is 4.14. The van der Waals surface area contributed by atoms with Crippen molar-refractivity contribution in [3.63, 3.8) is 0 Å². The fourth-order valence-corrected chi connectivity index (χ4v) is 3.95. The Labute approximate surface area is 190 Å². The summed E-state index contributed by atoms with van der Waals surface area (Å²) in [4.78, 5) is 25.0. The molecule has 4 rings (SSSR count). The number of rotatable bonds is 9. The summed E-state index contributed by atoms with van der Waals surface area (Å²) < 4.78 is 0. The first kappa shape index (κ1) is 21.7. The number of nitrogens with zero attached hydrogens (tertiary/aromatic N) is 3. The molecule has 0 saturated heterocycles. The SMILES string of the molecule is CCCCCCN(Cc1ccccc1)C(=O)c1cc(-c2ccccc2)nc2ncccc12. The van der Waals surface area contributed by atoms with E-state index < -0.39 is 0 Å². The van der Waals surface area contributed by atoms with E-state index >= 15 is 0 Å². The topological polar surface area (TPSA) is 46.1 Å². The van der Waals surface area contributed by atoms with Crippen LogP contribution >= 0.6 is 0 Å². The number of carbonyl (C=O) groups excluding carboxylic acids is 1. The van der Waals surface area contributed by atoms with Crippen LogP contribution in [0.15, 0.2) is 85.1 Å². The molecule has 0 saturated carbocycles. The van der Waals surface area contributed by atoms with Gasteiger partial charge < -0.3 is 4.90 Å². The lowest BCUT2D eigenvalue weighted by atomic mass is 10.0. The minimum atomic E-state index is 0.0305. The monoisotopic (exact) mass is 423 g/mol. The van der Waals surface area contributed by atoms with Crippen molar-refractivity contribution < 1.29 is 4.79 Å². The Bertz CT molecular complexity index is 1160. The molecule has 0 atom stereocenters. The minimum absolute atomic E-state index is 0.0305. The molecule has 2 heterocycles. The maximum Gasteiger partial charge on any atom is 0.254 e. The molecule has 32 heavy (non-hydrogen) atoms. The third-order valence-corrected chi connectivity index (χ3v) is 5.67. The molecular weight excluding hydrogens is 394 g/mol. The van der Waals surface area contributed by atoms with Crippen LogP contribution in [0.4, 0.5) is 0 Å². The van der Waals surface area contributed by atoms with E-state index in [9.17, 15) is 4.79 Å². The number of pyridine rings is 2. The predicted molar refractivity (Wildman–Crippen MR) is 130 cm³/mol. The third kappa shape index (κ3) is 5.20. The van der Waals surface area contributed by atoms with Gasteiger partial charge >= 0.3 is 0 Å². The molecule has 4 aromatic rings. The lowest BCUT2D eigenvalue weighted by molar-refractivity contribution is 0.0742. The molecule has 4 nitrogen and oxygen atoms in total. The highest BCUT2D eigenvalue weighted by atomic mass is 16.2. The van der Waals surface area contributed by atoms with Crippen LogP contribution in [0.25, 0.3) is 22.3 Å². The van der Waals surface area contributed by atoms with Gasteiger partial charge in [0.05, 0.1) is 11.3 Å². The third-order valence-electron chi connectivity index (χ3n) is 5.67. The molecule has 0 spiro atoms. The first-order valence-electron chi connectivity index (χ1n) is 11.4. The standard InChI is InChI=1S/C28H29N3O/c1-2-3-4-11-19-31(21-22-13-7-5-8-14-22)28(32)25-20-26(23-15-9-6-10-16-23)30-27-24(25)17-12-18-29-27/h5-10,12-18,20H,2-4,11,19,21H2,1H3. The van der Waals surface area contributed by atoms with Crippen molar-refractivity contribution in [2.24, 2.45) is 0 Å². The zero-order valence-electron chi connectivity index (χ0n) is 18.6. The zero-order valence-corrected chi connectivity index (χ0v) is 18.6. The van der Waals surface area contributed by atoms with Crippen LogP contribution < -0.4 is 0 Å². The van der Waals surface area contributed by atoms with Crippen LogP contribution in [0.5, 0.6) is 0 Å². The number of carbonyl (C=O) groups is 1. The summed E-state index contributed by atoms with van der Waals surface area (Å²) in [5.74, 6) is 0.0305. The normalized spacial score (nSPS) is 10.9. The molecule has 4 heteroatoms. The van der Waals surface area contributed by atoms with E-state index in [1.54, 1.807) is 6.20 Å². The molecule has 162 valence electrons. The van der Waals surface area contributed by atoms with Crippen molar-refractivity contribution >= 4 is 16.9 Å². The van der Waals surface area contributed by atoms with E-state index in [0.29, 0.717) is 17.8 Å². The van der Waals surface area contributed by atoms with Crippen molar-refractivity contribution in [1.29, 1.82) is 0 Å². The van der Waals surface area contributed by atoms with Crippen molar-refractivity contribution in [3.8, 4) is 11.3 Å². The molecular formula is C28H29N3O. The number of unbranched alkanes of at least 4 members (excludes halogenated alkanes) is 3. The Hall–Kier alpha value is -3.53. The lowest BCUT2D eigenvalue weighted by Crippen LogP contribution is -2.32. The van der Waals surface area contributed by atoms with Gasteiger partial charge in [0, 0.05) is 30.2 Å². The lowest BCUT2D eigenvalue weighted by Gasteiger charge is -2.24. The Balaban J connectivity index is 1.72. The first-order valence-corrected chi connectivity index (χ1v) is 11.4. The summed E-state index contributed by atoms with van der Waals surface area (Å²) in [7, 11) is 0. The van der Waals surface area contributed by atoms with Gasteiger partial charge in [-0.2, -0.15) is 0 Å². The first-order chi connectivity index (χ1) is 15.8. The Kier molecular flexibility index (Phi) is 7.23. The molecule has 0 aliphatic heterocycles. The molecule has 0 N–H and O–H groups in total. The second-order valence-electron chi connectivity index (χ2n) is 8.07. The van der Waals surface area contributed by atoms with Gasteiger partial charge in [0.15, 0.2) is 5.65 Å². The van der Waals surface area contributed by atoms with Crippen LogP contribution in [-0.2, 0) is 6.54 Å². The molecule has 0 bridgehead atoms. The quantitative estimate of drug-likeness (QED) is 0.288. The smallest absolute Gasteiger partial charge is 0.254 e. The van der Waals surface area contributed by atoms with E-state index in [4.69, 9.17) is 4.98 Å². The van der Waals surface area contributed by atoms with Gasteiger partial charge in [0.1, 0.15) is 0 Å². The van der Waals surface area contributed by atoms with Gasteiger partial charge in [-0.15, -0.1) is 0 Å². The van der Waals surface area contributed by atoms with Crippen molar-refractivity contribution in [2.75, 3.05) is 6.54 Å². The Morgan fingerprint density at radius 1 is 0.875 bits per heavy atom. The highest BCUT2D eigenvalue weighted by Gasteiger charge is 2.20. The highest BCUT2D eigenvalue weighted by molar-refractivity contribution is 6.06. The molecule has 1 amide bonds. The van der Waals surface area contributed by atoms with Gasteiger partial charge in [-0.3, -0.25) is 4.79 Å². The summed E-state index contributed by atoms with van der Waals surface area (Å²) >= 11 is 0. The summed E-state index contributed by atoms with van der Waals surface area (Å²) in [6.07, 6.45) is 6.22. The average molecular weight is 424 g/mol. The largest absolute Gasteiger partial charge is 0.334 e. The maximum atomic E-state index is 13.9. The van der Waals surface area contributed by atoms with Gasteiger partial charge in [-0.25, -0.2) is 9.97 Å². The van der Waals surface area contributed by atoms with E-state index in [0.717, 1.165) is 41.6 Å². The van der Waals surface area contributed by atoms with Crippen LogP contribution in [0.1, 0.15) is 48.5 Å². The maximum absolute atomic E-state index is 13.9. The Morgan fingerprint density at radius 2 is 1.62 bits per heavy atom. The Morgan fingerprint density at radius 3 is 2.38 bits per heavy atom. The fraction of sp³-hybridized carbons (Fsp3) is 0.250. The summed E-state index contributed by atoms with van der Waals surface area (Å²) in [5, 5.41) is 0.795. The van der Waals surface area contributed by atoms with Gasteiger partial charge in [0.25, 0.3) is 5.91 Å². The number of amides is 1. The number of benzene rings is 2. The summed E-state index contributed by atoms with van der Waals surface area (Å²) in [6, 6.07) is 25.9. The molecule has 0 unspecified atom stereocenters. The van der Waals surface area contributed by atoms with Crippen molar-refractivity contribution in [3.05, 3.63) is 96.2 Å². The van der Waals surface area contributed by atoms with E-state index in [2.05, 4.69) is 24.0 Å². The molecule has 0 fully saturated rings. The van der Waals surface area contributed by atoms with Crippen LogP contribution in [0.2, 0.25) is 0 Å². The van der Waals surface area contributed by atoms with Crippen LogP contribution in [-0.4, -0.2) is 27.3 Å². The number of aromatic nitrogens is 2. The summed E-state index contributed by atoms with van der Waals surface area (Å²) in [6.45, 7) is 3.53. The minimum Gasteiger partial charge on any atom is -0.334 e. The molecule has 2 aromatic carbocycles. The fourth-order valence-electron chi connectivity index (χ4n) is 3.95. The van der Waals surface area contributed by atoms with E-state index in [-0.39, 0.29) is 5.91 Å². The second-order valence-corrected chi connectivity index (χ2v) is 8.07. The average Bonchev–Trinajstić information content (AvgIpc) is 2.86. The molecule has 0 radical (unpaired) electrons. The molecule has 0 aliphatic rings.